The molecule has 2 heteroatoms. The average Bonchev–Trinajstić information content (AvgIpc) is 3.57. The first-order valence-corrected chi connectivity index (χ1v) is 18.1. The molecule has 9 rings (SSSR count). The minimum atomic E-state index is -0.366. The van der Waals surface area contributed by atoms with Gasteiger partial charge in [-0.1, -0.05) is 166 Å². The normalized spacial score (nSPS) is 17.4. The number of nitrogens with two attached hydrogens (primary N) is 1. The van der Waals surface area contributed by atoms with Crippen molar-refractivity contribution < 1.29 is 0 Å². The molecule has 2 aliphatic rings. The highest BCUT2D eigenvalue weighted by atomic mass is 15.0. The van der Waals surface area contributed by atoms with E-state index in [2.05, 4.69) is 184 Å². The molecule has 0 saturated carbocycles. The van der Waals surface area contributed by atoms with E-state index in [-0.39, 0.29) is 17.0 Å². The van der Waals surface area contributed by atoms with Gasteiger partial charge in [-0.2, -0.15) is 0 Å². The fourth-order valence-corrected chi connectivity index (χ4v) is 8.82. The summed E-state index contributed by atoms with van der Waals surface area (Å²) in [5, 5.41) is 6.33. The molecular formula is C49H42N2. The molecule has 0 heterocycles. The van der Waals surface area contributed by atoms with Crippen LogP contribution in [0, 0.1) is 0 Å². The van der Waals surface area contributed by atoms with Gasteiger partial charge in [0.05, 0.1) is 0 Å². The predicted molar refractivity (Wildman–Crippen MR) is 214 cm³/mol. The minimum absolute atomic E-state index is 0.131. The van der Waals surface area contributed by atoms with Crippen LogP contribution in [0.25, 0.3) is 38.7 Å². The van der Waals surface area contributed by atoms with Crippen LogP contribution in [0.1, 0.15) is 71.4 Å². The maximum absolute atomic E-state index is 6.94. The Labute approximate surface area is 301 Å². The summed E-state index contributed by atoms with van der Waals surface area (Å²) < 4.78 is 0. The van der Waals surface area contributed by atoms with Crippen molar-refractivity contribution in [1.29, 1.82) is 0 Å². The maximum Gasteiger partial charge on any atom is 0.101 e. The van der Waals surface area contributed by atoms with Gasteiger partial charge in [-0.25, -0.2) is 0 Å². The van der Waals surface area contributed by atoms with Crippen molar-refractivity contribution in [3.63, 3.8) is 0 Å². The van der Waals surface area contributed by atoms with Crippen LogP contribution in [-0.4, -0.2) is 0 Å². The van der Waals surface area contributed by atoms with Crippen LogP contribution in [0.5, 0.6) is 0 Å². The van der Waals surface area contributed by atoms with Gasteiger partial charge in [0.1, 0.15) is 6.17 Å². The van der Waals surface area contributed by atoms with E-state index >= 15 is 0 Å². The van der Waals surface area contributed by atoms with E-state index in [4.69, 9.17) is 5.73 Å². The average molecular weight is 659 g/mol. The third kappa shape index (κ3) is 4.97. The van der Waals surface area contributed by atoms with Crippen LogP contribution < -0.4 is 11.1 Å². The topological polar surface area (TPSA) is 38.0 Å². The van der Waals surface area contributed by atoms with Gasteiger partial charge < -0.3 is 11.1 Å². The van der Waals surface area contributed by atoms with Crippen LogP contribution in [0.3, 0.4) is 0 Å². The standard InChI is InChI=1S/C49H42N2/c1-48(2)42-24-14-22-39(46(42)40-30-34-17-10-11-18-35(34)31-43(40)48)45(51-47(50)33-15-6-4-7-16-33)28-26-32-25-27-38-37-21-12-13-23-41(37)49(3,44(38)29-32)36-19-8-5-9-20-36/h4-25,27-31,47,51H,26,50H2,1-3H3/b45-28-. The van der Waals surface area contributed by atoms with Gasteiger partial charge in [0, 0.05) is 22.1 Å². The number of rotatable bonds is 7. The van der Waals surface area contributed by atoms with Crippen molar-refractivity contribution in [3.05, 3.63) is 208 Å². The lowest BCUT2D eigenvalue weighted by Crippen LogP contribution is -2.28. The molecule has 7 aromatic carbocycles. The van der Waals surface area contributed by atoms with Crippen LogP contribution in [0.4, 0.5) is 0 Å². The number of allylic oxidation sites excluding steroid dienone is 1. The molecule has 2 atom stereocenters. The SMILES string of the molecule is CC1(C)c2cc3ccccc3cc2-c2c(/C(=C/Cc3ccc4c(c3)C(C)(c3ccccc3)c3ccccc3-4)NC(N)c3ccccc3)cccc21. The Bertz CT molecular complexity index is 2470. The molecule has 51 heavy (non-hydrogen) atoms. The summed E-state index contributed by atoms with van der Waals surface area (Å²) >= 11 is 0. The third-order valence-electron chi connectivity index (χ3n) is 11.6. The first kappa shape index (κ1) is 31.3. The van der Waals surface area contributed by atoms with E-state index in [0.29, 0.717) is 0 Å². The number of nitrogens with one attached hydrogen (secondary N) is 1. The second kappa shape index (κ2) is 12.0. The molecule has 248 valence electrons. The Kier molecular flexibility index (Phi) is 7.34. The van der Waals surface area contributed by atoms with Crippen LogP contribution in [0.15, 0.2) is 164 Å². The maximum atomic E-state index is 6.94. The molecule has 2 aliphatic carbocycles. The van der Waals surface area contributed by atoms with Crippen LogP contribution in [-0.2, 0) is 17.3 Å². The van der Waals surface area contributed by atoms with Crippen molar-refractivity contribution in [2.75, 3.05) is 0 Å². The second-order valence-electron chi connectivity index (χ2n) is 14.9. The Balaban J connectivity index is 1.18. The zero-order valence-corrected chi connectivity index (χ0v) is 29.5. The fraction of sp³-hybridized carbons (Fsp3) is 0.143. The van der Waals surface area contributed by atoms with Crippen LogP contribution >= 0.6 is 0 Å². The van der Waals surface area contributed by atoms with Crippen molar-refractivity contribution >= 4 is 16.5 Å². The summed E-state index contributed by atoms with van der Waals surface area (Å²) in [6, 6.07) is 57.5. The van der Waals surface area contributed by atoms with E-state index in [9.17, 15) is 0 Å². The Morgan fingerprint density at radius 1 is 0.588 bits per heavy atom. The Hall–Kier alpha value is -5.70. The number of fused-ring (bicyclic) bond motifs is 7. The van der Waals surface area contributed by atoms with Gasteiger partial charge >= 0.3 is 0 Å². The highest BCUT2D eigenvalue weighted by Gasteiger charge is 2.41. The number of benzene rings is 7. The first-order valence-electron chi connectivity index (χ1n) is 18.1. The monoisotopic (exact) mass is 658 g/mol. The number of hydrogen-bond acceptors (Lipinski definition) is 2. The van der Waals surface area contributed by atoms with E-state index in [1.165, 1.54) is 72.0 Å². The molecule has 0 aromatic heterocycles. The third-order valence-corrected chi connectivity index (χ3v) is 11.6. The molecule has 0 bridgehead atoms. The predicted octanol–water partition coefficient (Wildman–Crippen LogP) is 11.3. The van der Waals surface area contributed by atoms with Gasteiger partial charge in [-0.05, 0) is 97.4 Å². The van der Waals surface area contributed by atoms with E-state index in [0.717, 1.165) is 17.7 Å². The highest BCUT2D eigenvalue weighted by molar-refractivity contribution is 5.97. The molecule has 0 fully saturated rings. The van der Waals surface area contributed by atoms with Crippen molar-refractivity contribution in [1.82, 2.24) is 5.32 Å². The Morgan fingerprint density at radius 3 is 2.02 bits per heavy atom. The number of hydrogen-bond donors (Lipinski definition) is 2. The Morgan fingerprint density at radius 2 is 1.24 bits per heavy atom. The lowest BCUT2D eigenvalue weighted by Gasteiger charge is -2.28. The summed E-state index contributed by atoms with van der Waals surface area (Å²) in [5.41, 5.74) is 23.1. The zero-order chi connectivity index (χ0) is 34.7. The molecule has 2 nitrogen and oxygen atoms in total. The van der Waals surface area contributed by atoms with Gasteiger partial charge in [0.25, 0.3) is 0 Å². The summed E-state index contributed by atoms with van der Waals surface area (Å²) in [6.45, 7) is 7.10. The van der Waals surface area contributed by atoms with Gasteiger partial charge in [-0.3, -0.25) is 0 Å². The molecule has 0 radical (unpaired) electrons. The molecule has 3 N–H and O–H groups in total. The first-order chi connectivity index (χ1) is 24.8. The summed E-state index contributed by atoms with van der Waals surface area (Å²) in [7, 11) is 0. The van der Waals surface area contributed by atoms with Crippen LogP contribution in [0.2, 0.25) is 0 Å². The molecular weight excluding hydrogens is 617 g/mol. The fourth-order valence-electron chi connectivity index (χ4n) is 8.82. The van der Waals surface area contributed by atoms with Gasteiger partial charge in [0.2, 0.25) is 0 Å². The molecule has 2 unspecified atom stereocenters. The molecule has 0 saturated heterocycles. The lowest BCUT2D eigenvalue weighted by molar-refractivity contribution is 0.659. The highest BCUT2D eigenvalue weighted by Crippen LogP contribution is 2.54. The summed E-state index contributed by atoms with van der Waals surface area (Å²) in [4.78, 5) is 0. The largest absolute Gasteiger partial charge is 0.366 e. The minimum Gasteiger partial charge on any atom is -0.366 e. The van der Waals surface area contributed by atoms with Crippen molar-refractivity contribution in [2.45, 2.75) is 44.2 Å². The summed E-state index contributed by atoms with van der Waals surface area (Å²) in [6.07, 6.45) is 2.75. The van der Waals surface area contributed by atoms with E-state index in [1.807, 2.05) is 6.07 Å². The van der Waals surface area contributed by atoms with Gasteiger partial charge in [0.15, 0.2) is 0 Å². The summed E-state index contributed by atoms with van der Waals surface area (Å²) in [5.74, 6) is 0. The molecule has 0 aliphatic heterocycles. The molecule has 7 aromatic rings. The van der Waals surface area contributed by atoms with E-state index < -0.39 is 0 Å². The van der Waals surface area contributed by atoms with E-state index in [1.54, 1.807) is 0 Å². The smallest absolute Gasteiger partial charge is 0.101 e. The second-order valence-corrected chi connectivity index (χ2v) is 14.9. The lowest BCUT2D eigenvalue weighted by atomic mass is 9.74. The molecule has 0 spiro atoms. The quantitative estimate of drug-likeness (QED) is 0.167. The zero-order valence-electron chi connectivity index (χ0n) is 29.5. The van der Waals surface area contributed by atoms with Gasteiger partial charge in [-0.15, -0.1) is 0 Å². The van der Waals surface area contributed by atoms with Crippen molar-refractivity contribution in [2.24, 2.45) is 5.73 Å². The molecule has 0 amide bonds. The van der Waals surface area contributed by atoms with Crippen molar-refractivity contribution in [3.8, 4) is 22.3 Å².